The molecular formula is C18H20N6O3. The van der Waals surface area contributed by atoms with Crippen molar-refractivity contribution in [1.82, 2.24) is 19.6 Å². The summed E-state index contributed by atoms with van der Waals surface area (Å²) < 4.78 is 6.59. The van der Waals surface area contributed by atoms with Gasteiger partial charge < -0.3 is 15.8 Å². The van der Waals surface area contributed by atoms with Crippen molar-refractivity contribution in [3.8, 4) is 0 Å². The average molecular weight is 368 g/mol. The fraction of sp³-hybridized carbons (Fsp3) is 0.278. The monoisotopic (exact) mass is 368 g/mol. The van der Waals surface area contributed by atoms with Crippen LogP contribution in [0.4, 0.5) is 11.6 Å². The first kappa shape index (κ1) is 18.3. The van der Waals surface area contributed by atoms with Crippen molar-refractivity contribution in [2.45, 2.75) is 26.7 Å². The number of fused-ring (bicyclic) bond motifs is 1. The van der Waals surface area contributed by atoms with E-state index < -0.39 is 5.97 Å². The summed E-state index contributed by atoms with van der Waals surface area (Å²) >= 11 is 0. The number of nitrogens with one attached hydrogen (secondary N) is 1. The second-order valence-electron chi connectivity index (χ2n) is 6.02. The predicted molar refractivity (Wildman–Crippen MR) is 99.0 cm³/mol. The lowest BCUT2D eigenvalue weighted by atomic mass is 10.1. The van der Waals surface area contributed by atoms with Gasteiger partial charge in [-0.25, -0.2) is 4.98 Å². The number of para-hydroxylation sites is 1. The van der Waals surface area contributed by atoms with E-state index in [1.54, 1.807) is 28.8 Å². The Labute approximate surface area is 155 Å². The number of carbonyl (C=O) groups excluding carboxylic acids is 2. The topological polar surface area (TPSA) is 124 Å². The molecule has 9 nitrogen and oxygen atoms in total. The number of amides is 1. The van der Waals surface area contributed by atoms with Gasteiger partial charge >= 0.3 is 5.97 Å². The Kier molecular flexibility index (Phi) is 5.30. The Hall–Kier alpha value is -3.49. The van der Waals surface area contributed by atoms with Gasteiger partial charge in [-0.05, 0) is 38.0 Å². The van der Waals surface area contributed by atoms with Gasteiger partial charge in [-0.3, -0.25) is 9.59 Å². The number of anilines is 2. The fourth-order valence-corrected chi connectivity index (χ4v) is 2.75. The number of nitrogen functional groups attached to an aromatic ring is 1. The van der Waals surface area contributed by atoms with Crippen LogP contribution in [-0.2, 0) is 20.7 Å². The molecular weight excluding hydrogens is 348 g/mol. The van der Waals surface area contributed by atoms with Crippen LogP contribution in [0, 0.1) is 13.8 Å². The number of hydrogen-bond acceptors (Lipinski definition) is 7. The van der Waals surface area contributed by atoms with Gasteiger partial charge in [0.2, 0.25) is 5.95 Å². The van der Waals surface area contributed by atoms with Crippen LogP contribution in [0.2, 0.25) is 0 Å². The zero-order valence-corrected chi connectivity index (χ0v) is 15.1. The molecule has 0 atom stereocenters. The van der Waals surface area contributed by atoms with E-state index in [0.717, 1.165) is 17.0 Å². The molecule has 0 radical (unpaired) electrons. The molecule has 9 heteroatoms. The summed E-state index contributed by atoms with van der Waals surface area (Å²) in [6.07, 6.45) is 0.539. The first-order valence-corrected chi connectivity index (χ1v) is 8.43. The Bertz CT molecular complexity index is 984. The molecule has 0 aliphatic heterocycles. The van der Waals surface area contributed by atoms with Gasteiger partial charge in [0, 0.05) is 23.5 Å². The van der Waals surface area contributed by atoms with Crippen molar-refractivity contribution < 1.29 is 14.3 Å². The molecule has 1 aromatic carbocycles. The van der Waals surface area contributed by atoms with Crippen molar-refractivity contribution in [1.29, 1.82) is 0 Å². The highest BCUT2D eigenvalue weighted by Gasteiger charge is 2.15. The van der Waals surface area contributed by atoms with E-state index in [1.807, 2.05) is 19.9 Å². The van der Waals surface area contributed by atoms with Crippen molar-refractivity contribution >= 4 is 29.3 Å². The summed E-state index contributed by atoms with van der Waals surface area (Å²) in [7, 11) is 0. The average Bonchev–Trinajstić information content (AvgIpc) is 3.01. The number of benzene rings is 1. The Morgan fingerprint density at radius 3 is 2.67 bits per heavy atom. The molecule has 0 aliphatic rings. The molecule has 2 heterocycles. The number of rotatable bonds is 6. The number of esters is 1. The van der Waals surface area contributed by atoms with Crippen LogP contribution in [-0.4, -0.2) is 38.1 Å². The van der Waals surface area contributed by atoms with Gasteiger partial charge in [0.15, 0.2) is 6.61 Å². The highest BCUT2D eigenvalue weighted by atomic mass is 16.5. The summed E-state index contributed by atoms with van der Waals surface area (Å²) in [5.74, 6) is -0.282. The number of carbonyl (C=O) groups is 2. The molecule has 0 bridgehead atoms. The molecule has 3 N–H and O–H groups in total. The van der Waals surface area contributed by atoms with E-state index >= 15 is 0 Å². The van der Waals surface area contributed by atoms with Crippen LogP contribution < -0.4 is 11.1 Å². The molecule has 1 amide bonds. The number of aryl methyl sites for hydroxylation is 2. The molecule has 27 heavy (non-hydrogen) atoms. The summed E-state index contributed by atoms with van der Waals surface area (Å²) in [6.45, 7) is 3.37. The minimum atomic E-state index is -0.463. The van der Waals surface area contributed by atoms with Crippen LogP contribution in [0.25, 0.3) is 5.78 Å². The second-order valence-corrected chi connectivity index (χ2v) is 6.02. The van der Waals surface area contributed by atoms with Crippen LogP contribution in [0.1, 0.15) is 23.4 Å². The van der Waals surface area contributed by atoms with Gasteiger partial charge in [0.25, 0.3) is 11.7 Å². The molecule has 0 aliphatic carbocycles. The van der Waals surface area contributed by atoms with Crippen LogP contribution in [0.15, 0.2) is 30.3 Å². The maximum atomic E-state index is 12.0. The van der Waals surface area contributed by atoms with Crippen LogP contribution in [0.3, 0.4) is 0 Å². The molecule has 3 aromatic rings. The van der Waals surface area contributed by atoms with Gasteiger partial charge in [-0.15, -0.1) is 5.10 Å². The lowest BCUT2D eigenvalue weighted by Gasteiger charge is -2.10. The lowest BCUT2D eigenvalue weighted by Crippen LogP contribution is -2.21. The minimum absolute atomic E-state index is 0.123. The standard InChI is InChI=1S/C18H20N6O3/c1-11-14(12(2)24-18(20-11)22-17(19)23-24)8-9-16(26)27-10-15(25)21-13-6-4-3-5-7-13/h3-7H,8-10H2,1-2H3,(H2,19,23)(H,21,25). The van der Waals surface area contributed by atoms with E-state index in [4.69, 9.17) is 10.5 Å². The first-order valence-electron chi connectivity index (χ1n) is 8.43. The van der Waals surface area contributed by atoms with Crippen LogP contribution in [0.5, 0.6) is 0 Å². The van der Waals surface area contributed by atoms with Crippen molar-refractivity contribution in [3.63, 3.8) is 0 Å². The van der Waals surface area contributed by atoms with Gasteiger partial charge in [0.1, 0.15) is 0 Å². The third-order valence-electron chi connectivity index (χ3n) is 4.07. The molecule has 2 aromatic heterocycles. The van der Waals surface area contributed by atoms with E-state index in [-0.39, 0.29) is 24.9 Å². The maximum absolute atomic E-state index is 12.0. The second kappa shape index (κ2) is 7.81. The predicted octanol–water partition coefficient (Wildman–Crippen LogP) is 1.44. The number of nitrogens with zero attached hydrogens (tertiary/aromatic N) is 4. The fourth-order valence-electron chi connectivity index (χ4n) is 2.75. The van der Waals surface area contributed by atoms with Gasteiger partial charge in [0.05, 0.1) is 0 Å². The maximum Gasteiger partial charge on any atom is 0.306 e. The normalized spacial score (nSPS) is 10.7. The third kappa shape index (κ3) is 4.38. The summed E-state index contributed by atoms with van der Waals surface area (Å²) in [5, 5.41) is 6.75. The van der Waals surface area contributed by atoms with E-state index in [1.165, 1.54) is 0 Å². The summed E-state index contributed by atoms with van der Waals surface area (Å²) in [6, 6.07) is 8.97. The molecule has 0 saturated carbocycles. The Balaban J connectivity index is 1.55. The number of hydrogen-bond donors (Lipinski definition) is 2. The van der Waals surface area contributed by atoms with Crippen LogP contribution >= 0.6 is 0 Å². The number of ether oxygens (including phenoxy) is 1. The van der Waals surface area contributed by atoms with Gasteiger partial charge in [-0.1, -0.05) is 18.2 Å². The zero-order valence-electron chi connectivity index (χ0n) is 15.1. The molecule has 0 spiro atoms. The Morgan fingerprint density at radius 2 is 1.93 bits per heavy atom. The quantitative estimate of drug-likeness (QED) is 0.631. The number of aromatic nitrogens is 4. The minimum Gasteiger partial charge on any atom is -0.456 e. The largest absolute Gasteiger partial charge is 0.456 e. The van der Waals surface area contributed by atoms with Crippen molar-refractivity contribution in [2.24, 2.45) is 0 Å². The first-order chi connectivity index (χ1) is 12.9. The molecule has 0 saturated heterocycles. The molecule has 0 unspecified atom stereocenters. The zero-order chi connectivity index (χ0) is 19.4. The highest BCUT2D eigenvalue weighted by molar-refractivity contribution is 5.92. The smallest absolute Gasteiger partial charge is 0.306 e. The molecule has 140 valence electrons. The van der Waals surface area contributed by atoms with E-state index in [2.05, 4.69) is 20.4 Å². The van der Waals surface area contributed by atoms with Crippen molar-refractivity contribution in [3.05, 3.63) is 47.3 Å². The van der Waals surface area contributed by atoms with Gasteiger partial charge in [-0.2, -0.15) is 9.50 Å². The number of nitrogens with two attached hydrogens (primary N) is 1. The van der Waals surface area contributed by atoms with Crippen molar-refractivity contribution in [2.75, 3.05) is 17.7 Å². The summed E-state index contributed by atoms with van der Waals surface area (Å²) in [4.78, 5) is 32.2. The SMILES string of the molecule is Cc1nc2nc(N)nn2c(C)c1CCC(=O)OCC(=O)Nc1ccccc1. The van der Waals surface area contributed by atoms with E-state index in [9.17, 15) is 9.59 Å². The third-order valence-corrected chi connectivity index (χ3v) is 4.07. The summed E-state index contributed by atoms with van der Waals surface area (Å²) in [5.41, 5.74) is 8.70. The highest BCUT2D eigenvalue weighted by Crippen LogP contribution is 2.16. The Morgan fingerprint density at radius 1 is 1.19 bits per heavy atom. The molecule has 0 fully saturated rings. The van der Waals surface area contributed by atoms with E-state index in [0.29, 0.717) is 17.9 Å². The molecule has 3 rings (SSSR count). The lowest BCUT2D eigenvalue weighted by molar-refractivity contribution is -0.147.